The molecule has 0 radical (unpaired) electrons. The van der Waals surface area contributed by atoms with Gasteiger partial charge in [-0.25, -0.2) is 13.9 Å². The Balaban J connectivity index is 1.86. The molecule has 0 aliphatic carbocycles. The number of esters is 2. The first-order valence-electron chi connectivity index (χ1n) is 25.5. The summed E-state index contributed by atoms with van der Waals surface area (Å²) in [5, 5.41) is 31.0. The van der Waals surface area contributed by atoms with E-state index in [1.807, 2.05) is 48.6 Å². The number of carbonyl (C=O) groups excluding carboxylic acids is 2. The van der Waals surface area contributed by atoms with Crippen molar-refractivity contribution < 1.29 is 71.4 Å². The summed E-state index contributed by atoms with van der Waals surface area (Å²) >= 11 is 0. The summed E-state index contributed by atoms with van der Waals surface area (Å²) in [7, 11) is -10.9. The maximum absolute atomic E-state index is 12.8. The highest BCUT2D eigenvalue weighted by atomic mass is 31.3. The molecule has 9 atom stereocenters. The van der Waals surface area contributed by atoms with Gasteiger partial charge >= 0.3 is 33.3 Å². The minimum absolute atomic E-state index is 0.0989. The number of aliphatic hydroxyl groups excluding tert-OH is 3. The molecule has 0 amide bonds. The molecule has 0 spiro atoms. The van der Waals surface area contributed by atoms with E-state index in [-0.39, 0.29) is 25.1 Å². The van der Waals surface area contributed by atoms with Crippen LogP contribution in [0.5, 0.6) is 0 Å². The first-order valence-corrected chi connectivity index (χ1v) is 28.4. The molecule has 0 saturated carbocycles. The number of aliphatic hydroxyl groups is 3. The molecule has 2 rings (SSSR count). The Kier molecular flexibility index (Phi) is 33.8. The molecule has 0 aromatic carbocycles. The minimum Gasteiger partial charge on any atom is -0.462 e. The van der Waals surface area contributed by atoms with E-state index in [0.29, 0.717) is 25.7 Å². The molecule has 1 saturated heterocycles. The van der Waals surface area contributed by atoms with E-state index in [0.717, 1.165) is 55.2 Å². The van der Waals surface area contributed by atoms with Gasteiger partial charge in [0.25, 0.3) is 0 Å². The molecule has 72 heavy (non-hydrogen) atoms. The van der Waals surface area contributed by atoms with E-state index in [1.54, 1.807) is 12.2 Å². The van der Waals surface area contributed by atoms with Crippen LogP contribution in [0.1, 0.15) is 155 Å². The molecule has 2 heterocycles. The van der Waals surface area contributed by atoms with Crippen molar-refractivity contribution >= 4 is 33.4 Å². The van der Waals surface area contributed by atoms with Crippen LogP contribution in [0, 0.1) is 5.92 Å². The van der Waals surface area contributed by atoms with E-state index < -0.39 is 89.8 Å². The number of phosphoric ester groups is 2. The summed E-state index contributed by atoms with van der Waals surface area (Å²) in [5.74, 6) is -0.640. The first kappa shape index (κ1) is 64.3. The van der Waals surface area contributed by atoms with Crippen LogP contribution in [0.2, 0.25) is 0 Å². The topological polar surface area (TPSA) is 286 Å². The number of allylic oxidation sites excluding steroid dienone is 10. The van der Waals surface area contributed by atoms with Gasteiger partial charge in [-0.05, 0) is 56.9 Å². The minimum atomic E-state index is -5.45. The number of carbonyl (C=O) groups is 2. The molecule has 7 N–H and O–H groups in total. The zero-order valence-electron chi connectivity index (χ0n) is 42.5. The average Bonchev–Trinajstić information content (AvgIpc) is 3.61. The van der Waals surface area contributed by atoms with E-state index in [1.165, 1.54) is 51.0 Å². The number of anilines is 1. The molecule has 1 aromatic rings. The van der Waals surface area contributed by atoms with Crippen molar-refractivity contribution in [2.24, 2.45) is 5.92 Å². The third-order valence-corrected chi connectivity index (χ3v) is 14.0. The highest BCUT2D eigenvalue weighted by Crippen LogP contribution is 2.60. The number of hydrogen-bond acceptors (Lipinski definition) is 16. The Morgan fingerprint density at radius 1 is 0.792 bits per heavy atom. The SMILES string of the molecule is CC/C=C\C/C=C\CC(O)/C=C/C=C\C/C=C\C/C=C\CCC(=O)O[C@H](COC(=O)CCCCCCCCCCCCC(C)CC)COP(=O)(O)OP(=O)(O)OC[C@H]1O[C@@H](n2ccc(N)nc2=O)[C@H](O)[C@@H]1O. The molecule has 21 heteroatoms. The summed E-state index contributed by atoms with van der Waals surface area (Å²) in [5.41, 5.74) is 4.57. The van der Waals surface area contributed by atoms with Gasteiger partial charge in [0, 0.05) is 19.0 Å². The van der Waals surface area contributed by atoms with Gasteiger partial charge in [0.1, 0.15) is 30.7 Å². The monoisotopic (exact) mass is 1060 g/mol. The molecule has 1 aliphatic heterocycles. The lowest BCUT2D eigenvalue weighted by atomic mass is 9.99. The predicted octanol–water partition coefficient (Wildman–Crippen LogP) is 9.33. The van der Waals surface area contributed by atoms with E-state index in [2.05, 4.69) is 42.2 Å². The van der Waals surface area contributed by atoms with E-state index >= 15 is 0 Å². The normalized spacial score (nSPS) is 20.6. The second kappa shape index (κ2) is 37.8. The number of aromatic nitrogens is 2. The Morgan fingerprint density at radius 3 is 2.07 bits per heavy atom. The van der Waals surface area contributed by atoms with Crippen LogP contribution in [0.25, 0.3) is 0 Å². The maximum Gasteiger partial charge on any atom is 0.481 e. The van der Waals surface area contributed by atoms with Crippen molar-refractivity contribution in [1.29, 1.82) is 0 Å². The van der Waals surface area contributed by atoms with Crippen LogP contribution < -0.4 is 11.4 Å². The molecular weight excluding hydrogens is 973 g/mol. The van der Waals surface area contributed by atoms with Gasteiger partial charge in [-0.3, -0.25) is 23.2 Å². The van der Waals surface area contributed by atoms with Crippen molar-refractivity contribution in [2.75, 3.05) is 25.6 Å². The quantitative estimate of drug-likeness (QED) is 0.0117. The van der Waals surface area contributed by atoms with Crippen molar-refractivity contribution in [3.05, 3.63) is 95.7 Å². The number of nitrogens with two attached hydrogens (primary N) is 1. The first-order chi connectivity index (χ1) is 34.5. The van der Waals surface area contributed by atoms with Gasteiger partial charge in [-0.2, -0.15) is 9.29 Å². The second-order valence-corrected chi connectivity index (χ2v) is 20.8. The number of phosphoric acid groups is 2. The number of rotatable bonds is 40. The number of nitrogen functional groups attached to an aromatic ring is 1. The Bertz CT molecular complexity index is 2020. The Hall–Kier alpha value is -3.84. The third-order valence-electron chi connectivity index (χ3n) is 11.4. The molecule has 1 aliphatic rings. The number of ether oxygens (including phenoxy) is 3. The highest BCUT2D eigenvalue weighted by Gasteiger charge is 2.46. The van der Waals surface area contributed by atoms with Crippen molar-refractivity contribution in [3.63, 3.8) is 0 Å². The summed E-state index contributed by atoms with van der Waals surface area (Å²) < 4.78 is 56.6. The van der Waals surface area contributed by atoms with Crippen LogP contribution in [0.4, 0.5) is 5.82 Å². The number of unbranched alkanes of at least 4 members (excludes halogenated alkanes) is 9. The molecule has 0 bridgehead atoms. The van der Waals surface area contributed by atoms with Gasteiger partial charge in [0.05, 0.1) is 19.3 Å². The second-order valence-electron chi connectivity index (χ2n) is 17.7. The largest absolute Gasteiger partial charge is 0.481 e. The van der Waals surface area contributed by atoms with Crippen LogP contribution in [-0.4, -0.2) is 96.9 Å². The standard InChI is InChI=1S/C51H83N3O16P2/c1-4-6-7-8-22-27-32-42(55)33-28-23-18-14-10-12-16-20-25-30-35-47(57)68-43(38-65-46(56)34-29-24-19-15-11-9-13-17-21-26-31-41(3)5-2)39-66-71(61,62)70-72(63,64)67-40-44-48(58)49(59)50(69-44)54-37-36-45(52)53-51(54)60/h6-7,10,12,18,20,22-23,25,27-28,33,36-37,41-44,48-50,55,58-59H,4-5,8-9,11,13-17,19,21,24,26,29-32,34-35,38-40H2,1-3H3,(H,61,62)(H,63,64)(H2,52,53,60)/b7-6-,12-10-,23-18-,25-20-,27-22-,33-28+/t41?,42?,43-,44-,48-,49-,50-/m1/s1. The lowest BCUT2D eigenvalue weighted by Gasteiger charge is -2.21. The molecule has 19 nitrogen and oxygen atoms in total. The van der Waals surface area contributed by atoms with Crippen molar-refractivity contribution in [3.8, 4) is 0 Å². The van der Waals surface area contributed by atoms with Gasteiger partial charge in [0.15, 0.2) is 12.3 Å². The number of nitrogens with zero attached hydrogens (tertiary/aromatic N) is 2. The summed E-state index contributed by atoms with van der Waals surface area (Å²) in [6.07, 6.45) is 33.2. The molecule has 1 aromatic heterocycles. The Labute approximate surface area is 426 Å². The van der Waals surface area contributed by atoms with Crippen LogP contribution in [0.3, 0.4) is 0 Å². The highest BCUT2D eigenvalue weighted by molar-refractivity contribution is 7.61. The van der Waals surface area contributed by atoms with Crippen LogP contribution in [0.15, 0.2) is 90.0 Å². The molecule has 1 fully saturated rings. The summed E-state index contributed by atoms with van der Waals surface area (Å²) in [6, 6.07) is 1.24. The number of hydrogen-bond donors (Lipinski definition) is 6. The molecule has 408 valence electrons. The van der Waals surface area contributed by atoms with Gasteiger partial charge < -0.3 is 45.1 Å². The van der Waals surface area contributed by atoms with Crippen LogP contribution >= 0.6 is 15.6 Å². The zero-order valence-corrected chi connectivity index (χ0v) is 44.3. The zero-order chi connectivity index (χ0) is 53.0. The third kappa shape index (κ3) is 30.4. The van der Waals surface area contributed by atoms with Crippen molar-refractivity contribution in [2.45, 2.75) is 186 Å². The van der Waals surface area contributed by atoms with Gasteiger partial charge in [-0.15, -0.1) is 0 Å². The fraction of sp³-hybridized carbons (Fsp3) is 0.647. The van der Waals surface area contributed by atoms with Gasteiger partial charge in [0.2, 0.25) is 0 Å². The van der Waals surface area contributed by atoms with E-state index in [4.69, 9.17) is 29.0 Å². The Morgan fingerprint density at radius 2 is 1.40 bits per heavy atom. The molecular formula is C51H83N3O16P2. The van der Waals surface area contributed by atoms with Gasteiger partial charge in [-0.1, -0.05) is 164 Å². The predicted molar refractivity (Wildman–Crippen MR) is 276 cm³/mol. The molecule has 4 unspecified atom stereocenters. The maximum atomic E-state index is 12.8. The lowest BCUT2D eigenvalue weighted by Crippen LogP contribution is -2.36. The lowest BCUT2D eigenvalue weighted by molar-refractivity contribution is -0.161. The smallest absolute Gasteiger partial charge is 0.462 e. The fourth-order valence-electron chi connectivity index (χ4n) is 7.10. The summed E-state index contributed by atoms with van der Waals surface area (Å²) in [6.45, 7) is 4.20. The fourth-order valence-corrected chi connectivity index (χ4v) is 9.21. The van der Waals surface area contributed by atoms with Crippen LogP contribution in [-0.2, 0) is 46.3 Å². The van der Waals surface area contributed by atoms with Crippen molar-refractivity contribution in [1.82, 2.24) is 9.55 Å². The average molecular weight is 1060 g/mol. The van der Waals surface area contributed by atoms with E-state index in [9.17, 15) is 48.6 Å². The summed E-state index contributed by atoms with van der Waals surface area (Å²) in [4.78, 5) is 61.9.